The Hall–Kier alpha value is -3.92. The van der Waals surface area contributed by atoms with Gasteiger partial charge in [0.1, 0.15) is 18.2 Å². The quantitative estimate of drug-likeness (QED) is 0.175. The summed E-state index contributed by atoms with van der Waals surface area (Å²) in [5.41, 5.74) is 2.96. The number of para-hydroxylation sites is 2. The van der Waals surface area contributed by atoms with Crippen molar-refractivity contribution in [2.24, 2.45) is 0 Å². The van der Waals surface area contributed by atoms with E-state index in [4.69, 9.17) is 9.47 Å². The average molecular weight is 621 g/mol. The number of esters is 1. The first-order valence-electron chi connectivity index (χ1n) is 12.1. The minimum Gasteiger partial charge on any atom is -0.482 e. The van der Waals surface area contributed by atoms with E-state index < -0.39 is 5.97 Å². The maximum Gasteiger partial charge on any atom is 0.344 e. The van der Waals surface area contributed by atoms with Crippen LogP contribution in [0, 0.1) is 3.57 Å². The van der Waals surface area contributed by atoms with Gasteiger partial charge in [-0.15, -0.1) is 0 Å². The molecule has 1 amide bonds. The standard InChI is InChI=1S/C30H28IN3O4/c1-34(23-13-7-3-8-14-23)29-28(30(36)32-18-17-22-11-5-2-6-12-22)25(26(31)19-33-29)20-38-27(35)21-37-24-15-9-4-10-16-24/h2-16,19H,17-18,20-21H2,1H3,(H,32,36). The highest BCUT2D eigenvalue weighted by atomic mass is 127. The normalized spacial score (nSPS) is 10.5. The smallest absolute Gasteiger partial charge is 0.344 e. The van der Waals surface area contributed by atoms with E-state index in [1.165, 1.54) is 0 Å². The van der Waals surface area contributed by atoms with Gasteiger partial charge in [0.05, 0.1) is 5.56 Å². The number of amides is 1. The third-order valence-corrected chi connectivity index (χ3v) is 6.75. The van der Waals surface area contributed by atoms with Crippen molar-refractivity contribution < 1.29 is 19.1 Å². The van der Waals surface area contributed by atoms with E-state index in [9.17, 15) is 9.59 Å². The number of halogens is 1. The molecule has 8 heteroatoms. The molecule has 0 saturated heterocycles. The molecule has 0 aliphatic rings. The number of benzene rings is 3. The van der Waals surface area contributed by atoms with Crippen LogP contribution in [-0.4, -0.2) is 37.1 Å². The predicted octanol–water partition coefficient (Wildman–Crippen LogP) is 5.55. The van der Waals surface area contributed by atoms with Crippen molar-refractivity contribution in [3.63, 3.8) is 0 Å². The average Bonchev–Trinajstić information content (AvgIpc) is 2.96. The van der Waals surface area contributed by atoms with Crippen LogP contribution in [0.2, 0.25) is 0 Å². The van der Waals surface area contributed by atoms with E-state index in [1.54, 1.807) is 18.3 Å². The number of anilines is 2. The highest BCUT2D eigenvalue weighted by molar-refractivity contribution is 14.1. The van der Waals surface area contributed by atoms with Crippen LogP contribution in [0.25, 0.3) is 0 Å². The summed E-state index contributed by atoms with van der Waals surface area (Å²) in [4.78, 5) is 32.5. The van der Waals surface area contributed by atoms with Crippen LogP contribution in [0.5, 0.6) is 5.75 Å². The molecule has 194 valence electrons. The Bertz CT molecular complexity index is 1350. The largest absolute Gasteiger partial charge is 0.482 e. The third-order valence-electron chi connectivity index (χ3n) is 5.82. The number of ether oxygens (including phenoxy) is 2. The molecular formula is C30H28IN3O4. The molecule has 0 spiro atoms. The second kappa shape index (κ2) is 13.6. The molecule has 0 aliphatic carbocycles. The van der Waals surface area contributed by atoms with E-state index >= 15 is 0 Å². The second-order valence-corrected chi connectivity index (χ2v) is 9.59. The van der Waals surface area contributed by atoms with Gasteiger partial charge in [-0.05, 0) is 58.8 Å². The molecule has 1 N–H and O–H groups in total. The van der Waals surface area contributed by atoms with E-state index in [0.717, 1.165) is 14.8 Å². The van der Waals surface area contributed by atoms with Gasteiger partial charge < -0.3 is 19.7 Å². The van der Waals surface area contributed by atoms with Crippen molar-refractivity contribution in [1.29, 1.82) is 0 Å². The van der Waals surface area contributed by atoms with Crippen molar-refractivity contribution >= 4 is 46.0 Å². The number of rotatable bonds is 11. The monoisotopic (exact) mass is 621 g/mol. The predicted molar refractivity (Wildman–Crippen MR) is 156 cm³/mol. The third kappa shape index (κ3) is 7.32. The first-order chi connectivity index (χ1) is 18.5. The Morgan fingerprint density at radius 2 is 1.55 bits per heavy atom. The van der Waals surface area contributed by atoms with Gasteiger partial charge in [-0.3, -0.25) is 4.79 Å². The van der Waals surface area contributed by atoms with Gasteiger partial charge in [-0.25, -0.2) is 9.78 Å². The summed E-state index contributed by atoms with van der Waals surface area (Å²) in [5, 5.41) is 3.02. The van der Waals surface area contributed by atoms with Crippen LogP contribution < -0.4 is 15.0 Å². The number of carbonyl (C=O) groups excluding carboxylic acids is 2. The fourth-order valence-corrected chi connectivity index (χ4v) is 4.39. The lowest BCUT2D eigenvalue weighted by molar-refractivity contribution is -0.147. The summed E-state index contributed by atoms with van der Waals surface area (Å²) in [6, 6.07) is 28.7. The SMILES string of the molecule is CN(c1ccccc1)c1ncc(I)c(COC(=O)COc2ccccc2)c1C(=O)NCCc1ccccc1. The number of hydrogen-bond donors (Lipinski definition) is 1. The zero-order valence-electron chi connectivity index (χ0n) is 21.0. The Morgan fingerprint density at radius 1 is 0.921 bits per heavy atom. The van der Waals surface area contributed by atoms with Crippen LogP contribution in [0.1, 0.15) is 21.5 Å². The molecule has 4 aromatic rings. The summed E-state index contributed by atoms with van der Waals surface area (Å²) >= 11 is 2.12. The molecule has 0 atom stereocenters. The van der Waals surface area contributed by atoms with Crippen LogP contribution in [0.4, 0.5) is 11.5 Å². The van der Waals surface area contributed by atoms with Crippen LogP contribution in [0.3, 0.4) is 0 Å². The molecule has 4 rings (SSSR count). The van der Waals surface area contributed by atoms with Gasteiger partial charge in [0, 0.05) is 34.6 Å². The molecule has 0 radical (unpaired) electrons. The highest BCUT2D eigenvalue weighted by Gasteiger charge is 2.24. The van der Waals surface area contributed by atoms with Gasteiger partial charge in [0.25, 0.3) is 5.91 Å². The van der Waals surface area contributed by atoms with E-state index in [1.807, 2.05) is 90.8 Å². The Balaban J connectivity index is 1.54. The molecule has 3 aromatic carbocycles. The van der Waals surface area contributed by atoms with E-state index in [-0.39, 0.29) is 19.1 Å². The second-order valence-electron chi connectivity index (χ2n) is 8.43. The molecule has 38 heavy (non-hydrogen) atoms. The van der Waals surface area contributed by atoms with Crippen LogP contribution in [-0.2, 0) is 22.6 Å². The number of aromatic nitrogens is 1. The zero-order chi connectivity index (χ0) is 26.7. The maximum absolute atomic E-state index is 13.6. The Morgan fingerprint density at radius 3 is 2.24 bits per heavy atom. The van der Waals surface area contributed by atoms with Gasteiger partial charge in [-0.1, -0.05) is 66.7 Å². The summed E-state index contributed by atoms with van der Waals surface area (Å²) in [7, 11) is 1.86. The molecule has 0 saturated carbocycles. The van der Waals surface area contributed by atoms with E-state index in [2.05, 4.69) is 32.9 Å². The number of pyridine rings is 1. The maximum atomic E-state index is 13.6. The first-order valence-corrected chi connectivity index (χ1v) is 13.2. The van der Waals surface area contributed by atoms with Crippen molar-refractivity contribution in [1.82, 2.24) is 10.3 Å². The number of nitrogens with zero attached hydrogens (tertiary/aromatic N) is 2. The van der Waals surface area contributed by atoms with Gasteiger partial charge in [0.2, 0.25) is 0 Å². The fourth-order valence-electron chi connectivity index (χ4n) is 3.83. The summed E-state index contributed by atoms with van der Waals surface area (Å²) in [6.07, 6.45) is 2.37. The van der Waals surface area contributed by atoms with Crippen molar-refractivity contribution in [2.75, 3.05) is 25.1 Å². The minimum absolute atomic E-state index is 0.0884. The topological polar surface area (TPSA) is 80.8 Å². The summed E-state index contributed by atoms with van der Waals surface area (Å²) in [6.45, 7) is 0.128. The molecule has 0 fully saturated rings. The molecule has 1 heterocycles. The lowest BCUT2D eigenvalue weighted by atomic mass is 10.1. The van der Waals surface area contributed by atoms with Crippen LogP contribution in [0.15, 0.2) is 97.2 Å². The van der Waals surface area contributed by atoms with Gasteiger partial charge >= 0.3 is 5.97 Å². The first kappa shape index (κ1) is 27.1. The Kier molecular flexibility index (Phi) is 9.69. The molecular weight excluding hydrogens is 593 g/mol. The van der Waals surface area contributed by atoms with Crippen molar-refractivity contribution in [3.05, 3.63) is 117 Å². The molecule has 0 aliphatic heterocycles. The fraction of sp³-hybridized carbons (Fsp3) is 0.167. The molecule has 7 nitrogen and oxygen atoms in total. The number of carbonyl (C=O) groups is 2. The molecule has 0 bridgehead atoms. The summed E-state index contributed by atoms with van der Waals surface area (Å²) < 4.78 is 11.8. The minimum atomic E-state index is -0.533. The number of nitrogens with one attached hydrogen (secondary N) is 1. The van der Waals surface area contributed by atoms with Crippen molar-refractivity contribution in [3.8, 4) is 5.75 Å². The summed E-state index contributed by atoms with van der Waals surface area (Å²) in [5.74, 6) is 0.236. The van der Waals surface area contributed by atoms with Gasteiger partial charge in [-0.2, -0.15) is 0 Å². The lowest BCUT2D eigenvalue weighted by Crippen LogP contribution is -2.30. The number of hydrogen-bond acceptors (Lipinski definition) is 6. The Labute approximate surface area is 235 Å². The molecule has 1 aromatic heterocycles. The highest BCUT2D eigenvalue weighted by Crippen LogP contribution is 2.30. The van der Waals surface area contributed by atoms with Gasteiger partial charge in [0.15, 0.2) is 6.61 Å². The lowest BCUT2D eigenvalue weighted by Gasteiger charge is -2.23. The molecule has 0 unspecified atom stereocenters. The van der Waals surface area contributed by atoms with Crippen molar-refractivity contribution in [2.45, 2.75) is 13.0 Å². The zero-order valence-corrected chi connectivity index (χ0v) is 23.1. The van der Waals surface area contributed by atoms with Crippen LogP contribution >= 0.6 is 22.6 Å². The van der Waals surface area contributed by atoms with E-state index in [0.29, 0.717) is 35.7 Å².